The normalized spacial score (nSPS) is 14.6. The third-order valence-corrected chi connectivity index (χ3v) is 10.9. The van der Waals surface area contributed by atoms with Gasteiger partial charge in [-0.25, -0.2) is 4.57 Å². The van der Waals surface area contributed by atoms with Crippen molar-refractivity contribution in [3.05, 3.63) is 24.3 Å². The minimum atomic E-state index is -4.33. The van der Waals surface area contributed by atoms with Gasteiger partial charge < -0.3 is 19.8 Å². The van der Waals surface area contributed by atoms with Crippen LogP contribution in [0.15, 0.2) is 24.3 Å². The van der Waals surface area contributed by atoms with Gasteiger partial charge in [0.15, 0.2) is 0 Å². The summed E-state index contributed by atoms with van der Waals surface area (Å²) in [5, 5.41) is 13.8. The van der Waals surface area contributed by atoms with Gasteiger partial charge in [0.05, 0.1) is 39.9 Å². The van der Waals surface area contributed by atoms with E-state index in [1.807, 2.05) is 27.2 Å². The summed E-state index contributed by atoms with van der Waals surface area (Å²) in [4.78, 5) is 23.1. The molecule has 3 N–H and O–H groups in total. The summed E-state index contributed by atoms with van der Waals surface area (Å²) in [6.45, 7) is 4.80. The van der Waals surface area contributed by atoms with Crippen molar-refractivity contribution in [3.63, 3.8) is 0 Å². The van der Waals surface area contributed by atoms with Gasteiger partial charge in [0.2, 0.25) is 5.91 Å². The lowest BCUT2D eigenvalue weighted by Crippen LogP contribution is -2.45. The van der Waals surface area contributed by atoms with Crippen LogP contribution >= 0.6 is 7.82 Å². The first-order valence-corrected chi connectivity index (χ1v) is 23.7. The third-order valence-electron chi connectivity index (χ3n) is 9.92. The number of hydrogen-bond acceptors (Lipinski definition) is 5. The SMILES string of the molecule is CCCCCCCCC/C=C\CCCCCCCCCC(=O)NC(COP(=O)(O)OCC[N+](C)(C)C)C(O)/C=C/CCCCCCCCCCCCC. The molecule has 1 amide bonds. The number of phosphoric acid groups is 1. The molecule has 0 aliphatic rings. The highest BCUT2D eigenvalue weighted by molar-refractivity contribution is 7.47. The predicted octanol–water partition coefficient (Wildman–Crippen LogP) is 12.1. The Bertz CT molecular complexity index is 922. The van der Waals surface area contributed by atoms with Crippen LogP contribution in [0.3, 0.4) is 0 Å². The Morgan fingerprint density at radius 1 is 0.623 bits per heavy atom. The fourth-order valence-corrected chi connectivity index (χ4v) is 7.07. The molecule has 3 atom stereocenters. The summed E-state index contributed by atoms with van der Waals surface area (Å²) in [7, 11) is 1.57. The van der Waals surface area contributed by atoms with Gasteiger partial charge in [0, 0.05) is 6.42 Å². The Hall–Kier alpha value is -1.02. The summed E-state index contributed by atoms with van der Waals surface area (Å²) in [5.74, 6) is -0.182. The number of rotatable bonds is 40. The molecule has 0 heterocycles. The summed E-state index contributed by atoms with van der Waals surface area (Å²) in [6, 6.07) is -0.844. The molecule has 0 aromatic rings. The Morgan fingerprint density at radius 3 is 1.45 bits per heavy atom. The second-order valence-corrected chi connectivity index (χ2v) is 17.9. The number of allylic oxidation sites excluding steroid dienone is 3. The van der Waals surface area contributed by atoms with Crippen molar-refractivity contribution < 1.29 is 32.9 Å². The molecule has 0 aliphatic carbocycles. The van der Waals surface area contributed by atoms with E-state index in [4.69, 9.17) is 9.05 Å². The number of aliphatic hydroxyl groups excluding tert-OH is 1. The summed E-state index contributed by atoms with van der Waals surface area (Å²) in [6.07, 6.45) is 42.4. The third kappa shape index (κ3) is 39.0. The Kier molecular flexibility index (Phi) is 35.9. The minimum Gasteiger partial charge on any atom is -0.387 e. The fraction of sp³-hybridized carbons (Fsp3) is 0.886. The van der Waals surface area contributed by atoms with Crippen LogP contribution in [0, 0.1) is 0 Å². The average molecular weight is 772 g/mol. The van der Waals surface area contributed by atoms with Crippen molar-refractivity contribution in [2.45, 2.75) is 212 Å². The molecule has 0 radical (unpaired) electrons. The lowest BCUT2D eigenvalue weighted by molar-refractivity contribution is -0.870. The van der Waals surface area contributed by atoms with Crippen LogP contribution in [-0.4, -0.2) is 73.4 Å². The van der Waals surface area contributed by atoms with Gasteiger partial charge in [-0.2, -0.15) is 0 Å². The number of hydrogen-bond donors (Lipinski definition) is 3. The van der Waals surface area contributed by atoms with Crippen LogP contribution < -0.4 is 5.32 Å². The minimum absolute atomic E-state index is 0.0616. The molecular weight excluding hydrogens is 683 g/mol. The lowest BCUT2D eigenvalue weighted by Gasteiger charge is -2.25. The van der Waals surface area contributed by atoms with E-state index >= 15 is 0 Å². The molecule has 0 saturated heterocycles. The first-order chi connectivity index (χ1) is 25.5. The van der Waals surface area contributed by atoms with Crippen LogP contribution in [0.5, 0.6) is 0 Å². The first kappa shape index (κ1) is 52.0. The summed E-state index contributed by atoms with van der Waals surface area (Å²) in [5.41, 5.74) is 0. The highest BCUT2D eigenvalue weighted by atomic mass is 31.2. The average Bonchev–Trinajstić information content (AvgIpc) is 3.10. The van der Waals surface area contributed by atoms with Crippen molar-refractivity contribution in [1.29, 1.82) is 0 Å². The van der Waals surface area contributed by atoms with Crippen molar-refractivity contribution >= 4 is 13.7 Å². The predicted molar refractivity (Wildman–Crippen MR) is 226 cm³/mol. The van der Waals surface area contributed by atoms with E-state index in [-0.39, 0.29) is 19.1 Å². The van der Waals surface area contributed by atoms with Crippen LogP contribution in [0.2, 0.25) is 0 Å². The number of unbranched alkanes of at least 4 members (excludes halogenated alkanes) is 25. The standard InChI is InChI=1S/C44H87N2O6P/c1-6-8-10-12-14-16-18-20-21-22-23-24-26-28-30-32-34-36-38-44(48)45-42(41-52-53(49,50)51-40-39-46(3,4)5)43(47)37-35-33-31-29-27-25-19-17-15-13-11-9-7-2/h21-22,35,37,42-43,47H,6-20,23-34,36,38-41H2,1-5H3,(H-,45,48,49,50)/p+1/b22-21-,37-35+. The highest BCUT2D eigenvalue weighted by Crippen LogP contribution is 2.43. The summed E-state index contributed by atoms with van der Waals surface area (Å²) >= 11 is 0. The van der Waals surface area contributed by atoms with Crippen LogP contribution in [0.4, 0.5) is 0 Å². The molecule has 9 heteroatoms. The molecule has 8 nitrogen and oxygen atoms in total. The zero-order chi connectivity index (χ0) is 39.3. The second kappa shape index (κ2) is 36.6. The van der Waals surface area contributed by atoms with Crippen molar-refractivity contribution in [1.82, 2.24) is 5.32 Å². The highest BCUT2D eigenvalue weighted by Gasteiger charge is 2.27. The van der Waals surface area contributed by atoms with Crippen molar-refractivity contribution in [2.75, 3.05) is 40.9 Å². The maximum absolute atomic E-state index is 12.9. The summed E-state index contributed by atoms with van der Waals surface area (Å²) < 4.78 is 23.5. The largest absolute Gasteiger partial charge is 0.472 e. The molecule has 0 rings (SSSR count). The molecule has 0 saturated carbocycles. The maximum atomic E-state index is 12.9. The Morgan fingerprint density at radius 2 is 1.02 bits per heavy atom. The van der Waals surface area contributed by atoms with Crippen molar-refractivity contribution in [2.24, 2.45) is 0 Å². The number of nitrogens with zero attached hydrogens (tertiary/aromatic N) is 1. The number of aliphatic hydroxyl groups is 1. The zero-order valence-electron chi connectivity index (χ0n) is 35.5. The quantitative estimate of drug-likeness (QED) is 0.0248. The van der Waals surface area contributed by atoms with Crippen molar-refractivity contribution in [3.8, 4) is 0 Å². The molecule has 0 fully saturated rings. The van der Waals surface area contributed by atoms with E-state index in [0.29, 0.717) is 17.4 Å². The number of carbonyl (C=O) groups is 1. The number of amides is 1. The Labute approximate surface area is 328 Å². The van der Waals surface area contributed by atoms with Crippen LogP contribution in [0.1, 0.15) is 200 Å². The molecule has 314 valence electrons. The molecule has 0 aliphatic heterocycles. The fourth-order valence-electron chi connectivity index (χ4n) is 6.33. The number of carbonyl (C=O) groups excluding carboxylic acids is 1. The van der Waals surface area contributed by atoms with Gasteiger partial charge in [-0.1, -0.05) is 173 Å². The molecular formula is C44H88N2O6P+. The number of nitrogens with one attached hydrogen (secondary N) is 1. The molecule has 53 heavy (non-hydrogen) atoms. The van der Waals surface area contributed by atoms with Gasteiger partial charge >= 0.3 is 7.82 Å². The molecule has 0 aromatic carbocycles. The van der Waals surface area contributed by atoms with E-state index in [9.17, 15) is 19.4 Å². The topological polar surface area (TPSA) is 105 Å². The molecule has 0 spiro atoms. The molecule has 0 aromatic heterocycles. The second-order valence-electron chi connectivity index (χ2n) is 16.4. The smallest absolute Gasteiger partial charge is 0.387 e. The van der Waals surface area contributed by atoms with Gasteiger partial charge in [-0.3, -0.25) is 13.8 Å². The van der Waals surface area contributed by atoms with Gasteiger partial charge in [-0.05, 0) is 44.9 Å². The van der Waals surface area contributed by atoms with Crippen LogP contribution in [-0.2, 0) is 18.4 Å². The maximum Gasteiger partial charge on any atom is 0.472 e. The molecule has 0 bridgehead atoms. The van der Waals surface area contributed by atoms with E-state index in [1.165, 1.54) is 141 Å². The number of likely N-dealkylation sites (N-methyl/N-ethyl adjacent to an activating group) is 1. The van der Waals surface area contributed by atoms with E-state index < -0.39 is 20.0 Å². The van der Waals surface area contributed by atoms with Gasteiger partial charge in [0.25, 0.3) is 0 Å². The Balaban J connectivity index is 4.40. The molecule has 3 unspecified atom stereocenters. The van der Waals surface area contributed by atoms with E-state index in [2.05, 4.69) is 31.3 Å². The number of phosphoric ester groups is 1. The number of quaternary nitrogens is 1. The zero-order valence-corrected chi connectivity index (χ0v) is 36.4. The first-order valence-electron chi connectivity index (χ1n) is 22.2. The van der Waals surface area contributed by atoms with Gasteiger partial charge in [-0.15, -0.1) is 0 Å². The lowest BCUT2D eigenvalue weighted by atomic mass is 10.0. The monoisotopic (exact) mass is 772 g/mol. The van der Waals surface area contributed by atoms with Gasteiger partial charge in [0.1, 0.15) is 13.2 Å². The van der Waals surface area contributed by atoms with E-state index in [0.717, 1.165) is 38.5 Å². The van der Waals surface area contributed by atoms with Crippen LogP contribution in [0.25, 0.3) is 0 Å². The van der Waals surface area contributed by atoms with E-state index in [1.54, 1.807) is 6.08 Å².